The Morgan fingerprint density at radius 3 is 3.06 bits per heavy atom. The highest BCUT2D eigenvalue weighted by molar-refractivity contribution is 7.12. The minimum atomic E-state index is -0.547. The summed E-state index contributed by atoms with van der Waals surface area (Å²) in [5, 5.41) is 12.8. The van der Waals surface area contributed by atoms with Crippen molar-refractivity contribution >= 4 is 17.2 Å². The topological polar surface area (TPSA) is 49.8 Å². The largest absolute Gasteiger partial charge is 0.389 e. The molecule has 2 heterocycles. The molecule has 1 aliphatic heterocycles. The van der Waals surface area contributed by atoms with Gasteiger partial charge in [0, 0.05) is 0 Å². The lowest BCUT2D eigenvalue weighted by Gasteiger charge is -2.16. The van der Waals surface area contributed by atoms with Gasteiger partial charge in [0.15, 0.2) is 0 Å². The van der Waals surface area contributed by atoms with Gasteiger partial charge in [-0.3, -0.25) is 9.63 Å². The predicted molar refractivity (Wildman–Crippen MR) is 64.0 cm³/mol. The number of thiophene rings is 1. The summed E-state index contributed by atoms with van der Waals surface area (Å²) < 4.78 is 0. The average molecular weight is 253 g/mol. The Bertz CT molecular complexity index is 443. The molecule has 92 valence electrons. The van der Waals surface area contributed by atoms with Crippen LogP contribution in [0.2, 0.25) is 0 Å². The van der Waals surface area contributed by atoms with Crippen LogP contribution in [0, 0.1) is 0 Å². The molecule has 1 saturated heterocycles. The third kappa shape index (κ3) is 1.99. The fraction of sp³-hybridized carbons (Fsp3) is 0.583. The van der Waals surface area contributed by atoms with E-state index in [1.165, 1.54) is 33.9 Å². The number of hydrogen-bond acceptors (Lipinski definition) is 4. The van der Waals surface area contributed by atoms with Gasteiger partial charge in [-0.15, -0.1) is 11.3 Å². The second-order valence-corrected chi connectivity index (χ2v) is 5.47. The fourth-order valence-corrected chi connectivity index (χ4v) is 3.52. The van der Waals surface area contributed by atoms with E-state index in [1.807, 2.05) is 0 Å². The lowest BCUT2D eigenvalue weighted by atomic mass is 9.94. The van der Waals surface area contributed by atoms with Gasteiger partial charge >= 0.3 is 0 Å². The number of carbonyl (C=O) groups excluding carboxylic acids is 1. The molecule has 1 amide bonds. The van der Waals surface area contributed by atoms with Crippen molar-refractivity contribution in [1.82, 2.24) is 5.06 Å². The Kier molecular flexibility index (Phi) is 2.90. The van der Waals surface area contributed by atoms with Crippen molar-refractivity contribution in [3.8, 4) is 0 Å². The number of carbonyl (C=O) groups is 1. The second-order valence-electron chi connectivity index (χ2n) is 4.59. The molecule has 1 aromatic rings. The van der Waals surface area contributed by atoms with Gasteiger partial charge in [0.2, 0.25) is 0 Å². The molecule has 1 aromatic heterocycles. The minimum Gasteiger partial charge on any atom is -0.389 e. The summed E-state index contributed by atoms with van der Waals surface area (Å²) in [7, 11) is 0. The zero-order chi connectivity index (χ0) is 11.8. The van der Waals surface area contributed by atoms with E-state index >= 15 is 0 Å². The summed E-state index contributed by atoms with van der Waals surface area (Å²) in [5.41, 5.74) is 2.53. The molecule has 2 aliphatic rings. The molecule has 0 bridgehead atoms. The highest BCUT2D eigenvalue weighted by Crippen LogP contribution is 2.31. The Hall–Kier alpha value is -0.910. The number of rotatable bonds is 1. The van der Waals surface area contributed by atoms with E-state index in [0.717, 1.165) is 24.1 Å². The molecule has 5 heteroatoms. The summed E-state index contributed by atoms with van der Waals surface area (Å²) >= 11 is 1.51. The highest BCUT2D eigenvalue weighted by atomic mass is 32.1. The number of aliphatic hydroxyl groups is 1. The van der Waals surface area contributed by atoms with E-state index < -0.39 is 6.10 Å². The van der Waals surface area contributed by atoms with Crippen molar-refractivity contribution in [2.45, 2.75) is 31.8 Å². The summed E-state index contributed by atoms with van der Waals surface area (Å²) in [6.07, 6.45) is 3.91. The smallest absolute Gasteiger partial charge is 0.287 e. The zero-order valence-corrected chi connectivity index (χ0v) is 10.3. The molecule has 4 nitrogen and oxygen atoms in total. The van der Waals surface area contributed by atoms with Crippen LogP contribution >= 0.6 is 11.3 Å². The maximum absolute atomic E-state index is 12.2. The predicted octanol–water partition coefficient (Wildman–Crippen LogP) is 1.38. The molecule has 17 heavy (non-hydrogen) atoms. The van der Waals surface area contributed by atoms with Gasteiger partial charge in [-0.05, 0) is 42.2 Å². The molecule has 0 aromatic carbocycles. The number of amides is 1. The quantitative estimate of drug-likeness (QED) is 0.822. The molecule has 1 fully saturated rings. The summed E-state index contributed by atoms with van der Waals surface area (Å²) in [6.45, 7) is 0.505. The molecular formula is C12H15NO3S. The van der Waals surface area contributed by atoms with Gasteiger partial charge in [-0.1, -0.05) is 0 Å². The molecule has 1 unspecified atom stereocenters. The number of β-amino-alcohol motifs (C(OH)–C–C–N with tert-alkyl or cyclic N) is 1. The number of hydrogen-bond donors (Lipinski definition) is 1. The molecule has 0 spiro atoms. The third-order valence-electron chi connectivity index (χ3n) is 3.32. The van der Waals surface area contributed by atoms with Crippen molar-refractivity contribution in [2.75, 3.05) is 13.2 Å². The maximum Gasteiger partial charge on any atom is 0.287 e. The van der Waals surface area contributed by atoms with Gasteiger partial charge in [0.1, 0.15) is 12.7 Å². The number of fused-ring (bicyclic) bond motifs is 1. The van der Waals surface area contributed by atoms with Crippen LogP contribution in [0.1, 0.15) is 33.6 Å². The number of hydroxylamine groups is 2. The minimum absolute atomic E-state index is 0.0882. The number of aliphatic hydroxyl groups excluding tert-OH is 1. The Morgan fingerprint density at radius 2 is 2.29 bits per heavy atom. The second kappa shape index (κ2) is 4.40. The van der Waals surface area contributed by atoms with Gasteiger partial charge in [0.05, 0.1) is 11.4 Å². The Balaban J connectivity index is 1.84. The van der Waals surface area contributed by atoms with Crippen LogP contribution in [0.4, 0.5) is 0 Å². The van der Waals surface area contributed by atoms with Crippen LogP contribution in [-0.4, -0.2) is 35.3 Å². The standard InChI is InChI=1S/C12H15NO3S/c14-9-5-13(16-6-9)12(15)11-10-4-2-1-3-8(10)7-17-11/h7,9,14H,1-6H2. The summed E-state index contributed by atoms with van der Waals surface area (Å²) in [5.74, 6) is -0.0882. The van der Waals surface area contributed by atoms with E-state index in [1.54, 1.807) is 0 Å². The SMILES string of the molecule is O=C(c1scc2c1CCCC2)N1CC(O)CO1. The van der Waals surface area contributed by atoms with Gasteiger partial charge in [0.25, 0.3) is 5.91 Å². The first-order valence-electron chi connectivity index (χ1n) is 5.98. The van der Waals surface area contributed by atoms with Crippen molar-refractivity contribution < 1.29 is 14.7 Å². The third-order valence-corrected chi connectivity index (χ3v) is 4.38. The summed E-state index contributed by atoms with van der Waals surface area (Å²) in [4.78, 5) is 18.2. The van der Waals surface area contributed by atoms with E-state index in [2.05, 4.69) is 5.38 Å². The molecule has 1 aliphatic carbocycles. The summed E-state index contributed by atoms with van der Waals surface area (Å²) in [6, 6.07) is 0. The average Bonchev–Trinajstić information content (AvgIpc) is 2.94. The van der Waals surface area contributed by atoms with E-state index in [-0.39, 0.29) is 19.1 Å². The number of nitrogens with zero attached hydrogens (tertiary/aromatic N) is 1. The van der Waals surface area contributed by atoms with Crippen LogP contribution in [0.3, 0.4) is 0 Å². The number of aryl methyl sites for hydroxylation is 1. The highest BCUT2D eigenvalue weighted by Gasteiger charge is 2.30. The van der Waals surface area contributed by atoms with Gasteiger partial charge in [-0.25, -0.2) is 5.06 Å². The van der Waals surface area contributed by atoms with Gasteiger partial charge in [-0.2, -0.15) is 0 Å². The van der Waals surface area contributed by atoms with E-state index in [0.29, 0.717) is 0 Å². The normalized spacial score (nSPS) is 23.8. The van der Waals surface area contributed by atoms with Gasteiger partial charge < -0.3 is 5.11 Å². The van der Waals surface area contributed by atoms with E-state index in [4.69, 9.17) is 4.84 Å². The van der Waals surface area contributed by atoms with Crippen LogP contribution in [0.25, 0.3) is 0 Å². The zero-order valence-electron chi connectivity index (χ0n) is 9.52. The van der Waals surface area contributed by atoms with Crippen LogP contribution in [0.5, 0.6) is 0 Å². The van der Waals surface area contributed by atoms with Crippen LogP contribution in [-0.2, 0) is 17.7 Å². The molecule has 3 rings (SSSR count). The van der Waals surface area contributed by atoms with Crippen molar-refractivity contribution in [3.63, 3.8) is 0 Å². The maximum atomic E-state index is 12.2. The lowest BCUT2D eigenvalue weighted by molar-refractivity contribution is -0.0777. The molecule has 1 atom stereocenters. The van der Waals surface area contributed by atoms with Crippen molar-refractivity contribution in [3.05, 3.63) is 21.4 Å². The van der Waals surface area contributed by atoms with E-state index in [9.17, 15) is 9.90 Å². The van der Waals surface area contributed by atoms with Crippen LogP contribution < -0.4 is 0 Å². The first-order valence-corrected chi connectivity index (χ1v) is 6.86. The fourth-order valence-electron chi connectivity index (χ4n) is 2.43. The van der Waals surface area contributed by atoms with Crippen LogP contribution in [0.15, 0.2) is 5.38 Å². The monoisotopic (exact) mass is 253 g/mol. The first kappa shape index (κ1) is 11.2. The molecule has 0 saturated carbocycles. The molecular weight excluding hydrogens is 238 g/mol. The Morgan fingerprint density at radius 1 is 1.47 bits per heavy atom. The van der Waals surface area contributed by atoms with Crippen molar-refractivity contribution in [1.29, 1.82) is 0 Å². The molecule has 0 radical (unpaired) electrons. The Labute approximate surface area is 104 Å². The van der Waals surface area contributed by atoms with Crippen molar-refractivity contribution in [2.24, 2.45) is 0 Å². The molecule has 1 N–H and O–H groups in total. The lowest BCUT2D eigenvalue weighted by Crippen LogP contribution is -2.28. The first-order chi connectivity index (χ1) is 8.25.